The standard InChI is InChI=1S/C17H26N2O2/c1-11-8-9-15(12(2)18)16(10-11)21-13(3)17(20)19-14-6-4-5-7-14/h8-10,12-14H,4-7,18H2,1-3H3,(H,19,20)/t12-,13?/m0/s1. The summed E-state index contributed by atoms with van der Waals surface area (Å²) in [6, 6.07) is 6.11. The molecule has 1 fully saturated rings. The van der Waals surface area contributed by atoms with Gasteiger partial charge in [0.05, 0.1) is 0 Å². The summed E-state index contributed by atoms with van der Waals surface area (Å²) in [5, 5.41) is 3.07. The largest absolute Gasteiger partial charge is 0.481 e. The average Bonchev–Trinajstić information content (AvgIpc) is 2.91. The highest BCUT2D eigenvalue weighted by molar-refractivity contribution is 5.81. The summed E-state index contributed by atoms with van der Waals surface area (Å²) < 4.78 is 5.87. The van der Waals surface area contributed by atoms with Crippen LogP contribution in [-0.2, 0) is 4.79 Å². The Hall–Kier alpha value is -1.55. The number of carbonyl (C=O) groups excluding carboxylic acids is 1. The van der Waals surface area contributed by atoms with E-state index in [-0.39, 0.29) is 11.9 Å². The topological polar surface area (TPSA) is 64.3 Å². The van der Waals surface area contributed by atoms with E-state index in [1.54, 1.807) is 6.92 Å². The number of nitrogens with one attached hydrogen (secondary N) is 1. The molecular weight excluding hydrogens is 264 g/mol. The maximum atomic E-state index is 12.2. The predicted octanol–water partition coefficient (Wildman–Crippen LogP) is 2.84. The van der Waals surface area contributed by atoms with Gasteiger partial charge in [-0.2, -0.15) is 0 Å². The number of amides is 1. The lowest BCUT2D eigenvalue weighted by Gasteiger charge is -2.21. The van der Waals surface area contributed by atoms with E-state index in [1.807, 2.05) is 32.0 Å². The summed E-state index contributed by atoms with van der Waals surface area (Å²) in [6.07, 6.45) is 4.05. The van der Waals surface area contributed by atoms with Crippen molar-refractivity contribution in [1.29, 1.82) is 0 Å². The molecule has 1 aromatic rings. The van der Waals surface area contributed by atoms with Crippen LogP contribution in [0, 0.1) is 6.92 Å². The van der Waals surface area contributed by atoms with Gasteiger partial charge in [-0.1, -0.05) is 25.0 Å². The lowest BCUT2D eigenvalue weighted by molar-refractivity contribution is -0.128. The molecule has 1 unspecified atom stereocenters. The summed E-state index contributed by atoms with van der Waals surface area (Å²) in [7, 11) is 0. The molecule has 1 saturated carbocycles. The molecule has 0 radical (unpaired) electrons. The summed E-state index contributed by atoms with van der Waals surface area (Å²) >= 11 is 0. The molecule has 4 nitrogen and oxygen atoms in total. The molecule has 0 saturated heterocycles. The van der Waals surface area contributed by atoms with Crippen molar-refractivity contribution in [1.82, 2.24) is 5.32 Å². The van der Waals surface area contributed by atoms with Gasteiger partial charge in [0.2, 0.25) is 0 Å². The van der Waals surface area contributed by atoms with Crippen molar-refractivity contribution in [3.05, 3.63) is 29.3 Å². The molecule has 0 heterocycles. The minimum Gasteiger partial charge on any atom is -0.481 e. The lowest BCUT2D eigenvalue weighted by atomic mass is 10.1. The van der Waals surface area contributed by atoms with Crippen LogP contribution in [0.2, 0.25) is 0 Å². The van der Waals surface area contributed by atoms with E-state index in [0.29, 0.717) is 11.8 Å². The number of carbonyl (C=O) groups is 1. The Balaban J connectivity index is 2.02. The third-order valence-electron chi connectivity index (χ3n) is 4.03. The van der Waals surface area contributed by atoms with Gasteiger partial charge in [-0.3, -0.25) is 4.79 Å². The Bertz CT molecular complexity index is 494. The highest BCUT2D eigenvalue weighted by Gasteiger charge is 2.22. The second-order valence-electron chi connectivity index (χ2n) is 6.08. The number of hydrogen-bond acceptors (Lipinski definition) is 3. The van der Waals surface area contributed by atoms with E-state index < -0.39 is 6.10 Å². The fraction of sp³-hybridized carbons (Fsp3) is 0.588. The molecule has 4 heteroatoms. The quantitative estimate of drug-likeness (QED) is 0.876. The van der Waals surface area contributed by atoms with Gasteiger partial charge in [-0.25, -0.2) is 0 Å². The molecule has 0 bridgehead atoms. The van der Waals surface area contributed by atoms with Crippen molar-refractivity contribution >= 4 is 5.91 Å². The molecule has 2 atom stereocenters. The van der Waals surface area contributed by atoms with Gasteiger partial charge in [-0.15, -0.1) is 0 Å². The van der Waals surface area contributed by atoms with Crippen LogP contribution < -0.4 is 15.8 Å². The van der Waals surface area contributed by atoms with E-state index in [1.165, 1.54) is 12.8 Å². The molecule has 0 spiro atoms. The molecule has 0 aromatic heterocycles. The van der Waals surface area contributed by atoms with Crippen LogP contribution in [-0.4, -0.2) is 18.1 Å². The summed E-state index contributed by atoms with van der Waals surface area (Å²) in [6.45, 7) is 5.71. The van der Waals surface area contributed by atoms with Crippen LogP contribution in [0.25, 0.3) is 0 Å². The first-order valence-corrected chi connectivity index (χ1v) is 7.80. The number of ether oxygens (including phenoxy) is 1. The molecular formula is C17H26N2O2. The summed E-state index contributed by atoms with van der Waals surface area (Å²) in [5.74, 6) is 0.665. The van der Waals surface area contributed by atoms with Gasteiger partial charge in [0.1, 0.15) is 5.75 Å². The minimum atomic E-state index is -0.509. The molecule has 2 rings (SSSR count). The number of rotatable bonds is 5. The fourth-order valence-corrected chi connectivity index (χ4v) is 2.75. The van der Waals surface area contributed by atoms with Gasteiger partial charge in [0, 0.05) is 17.6 Å². The molecule has 1 amide bonds. The maximum Gasteiger partial charge on any atom is 0.260 e. The van der Waals surface area contributed by atoms with Crippen molar-refractivity contribution < 1.29 is 9.53 Å². The van der Waals surface area contributed by atoms with Crippen molar-refractivity contribution in [2.75, 3.05) is 0 Å². The highest BCUT2D eigenvalue weighted by atomic mass is 16.5. The SMILES string of the molecule is Cc1ccc([C@H](C)N)c(OC(C)C(=O)NC2CCCC2)c1. The third-order valence-corrected chi connectivity index (χ3v) is 4.03. The van der Waals surface area contributed by atoms with E-state index in [9.17, 15) is 4.79 Å². The molecule has 1 aromatic carbocycles. The smallest absolute Gasteiger partial charge is 0.260 e. The fourth-order valence-electron chi connectivity index (χ4n) is 2.75. The molecule has 1 aliphatic rings. The predicted molar refractivity (Wildman–Crippen MR) is 84.3 cm³/mol. The Morgan fingerprint density at radius 1 is 1.33 bits per heavy atom. The van der Waals surface area contributed by atoms with Gasteiger partial charge in [-0.05, 0) is 45.2 Å². The van der Waals surface area contributed by atoms with Crippen LogP contribution in [0.5, 0.6) is 5.75 Å². The minimum absolute atomic E-state index is 0.0426. The first kappa shape index (κ1) is 15.8. The second kappa shape index (κ2) is 6.94. The van der Waals surface area contributed by atoms with Crippen LogP contribution in [0.4, 0.5) is 0 Å². The van der Waals surface area contributed by atoms with Crippen molar-refractivity contribution in [2.24, 2.45) is 5.73 Å². The Morgan fingerprint density at radius 2 is 2.00 bits per heavy atom. The average molecular weight is 290 g/mol. The molecule has 1 aliphatic carbocycles. The Labute approximate surface area is 127 Å². The summed E-state index contributed by atoms with van der Waals surface area (Å²) in [5.41, 5.74) is 7.99. The van der Waals surface area contributed by atoms with Crippen molar-refractivity contribution in [2.45, 2.75) is 64.6 Å². The first-order chi connectivity index (χ1) is 9.97. The first-order valence-electron chi connectivity index (χ1n) is 7.80. The molecule has 0 aliphatic heterocycles. The van der Waals surface area contributed by atoms with Crippen LogP contribution >= 0.6 is 0 Å². The third kappa shape index (κ3) is 4.21. The van der Waals surface area contributed by atoms with E-state index in [4.69, 9.17) is 10.5 Å². The van der Waals surface area contributed by atoms with Crippen LogP contribution in [0.1, 0.15) is 56.7 Å². The van der Waals surface area contributed by atoms with Crippen molar-refractivity contribution in [3.8, 4) is 5.75 Å². The summed E-state index contributed by atoms with van der Waals surface area (Å²) in [4.78, 5) is 12.2. The number of benzene rings is 1. The van der Waals surface area contributed by atoms with E-state index >= 15 is 0 Å². The van der Waals surface area contributed by atoms with Crippen LogP contribution in [0.15, 0.2) is 18.2 Å². The molecule has 116 valence electrons. The molecule has 21 heavy (non-hydrogen) atoms. The normalized spacial score (nSPS) is 18.3. The van der Waals surface area contributed by atoms with Crippen LogP contribution in [0.3, 0.4) is 0 Å². The second-order valence-corrected chi connectivity index (χ2v) is 6.08. The number of aryl methyl sites for hydroxylation is 1. The van der Waals surface area contributed by atoms with Gasteiger partial charge >= 0.3 is 0 Å². The zero-order chi connectivity index (χ0) is 15.4. The van der Waals surface area contributed by atoms with E-state index in [0.717, 1.165) is 24.0 Å². The maximum absolute atomic E-state index is 12.2. The zero-order valence-corrected chi connectivity index (χ0v) is 13.2. The number of nitrogens with two attached hydrogens (primary N) is 1. The van der Waals surface area contributed by atoms with Crippen molar-refractivity contribution in [3.63, 3.8) is 0 Å². The molecule has 3 N–H and O–H groups in total. The Morgan fingerprint density at radius 3 is 2.62 bits per heavy atom. The zero-order valence-electron chi connectivity index (χ0n) is 13.2. The van der Waals surface area contributed by atoms with Gasteiger partial charge < -0.3 is 15.8 Å². The van der Waals surface area contributed by atoms with Gasteiger partial charge in [0.25, 0.3) is 5.91 Å². The van der Waals surface area contributed by atoms with Gasteiger partial charge in [0.15, 0.2) is 6.10 Å². The highest BCUT2D eigenvalue weighted by Crippen LogP contribution is 2.26. The number of hydrogen-bond donors (Lipinski definition) is 2. The Kier molecular flexibility index (Phi) is 5.23. The van der Waals surface area contributed by atoms with E-state index in [2.05, 4.69) is 5.32 Å². The monoisotopic (exact) mass is 290 g/mol. The lowest BCUT2D eigenvalue weighted by Crippen LogP contribution is -2.41.